The predicted molar refractivity (Wildman–Crippen MR) is 97.9 cm³/mol. The molecule has 5 heteroatoms. The van der Waals surface area contributed by atoms with Crippen LogP contribution in [0.1, 0.15) is 39.2 Å². The van der Waals surface area contributed by atoms with Gasteiger partial charge in [-0.3, -0.25) is 10.00 Å². The first kappa shape index (κ1) is 16.5. The van der Waals surface area contributed by atoms with Gasteiger partial charge in [0.1, 0.15) is 13.2 Å². The number of benzene rings is 1. The molecule has 1 atom stereocenters. The molecule has 1 N–H and O–H groups in total. The van der Waals surface area contributed by atoms with Gasteiger partial charge < -0.3 is 9.47 Å². The second-order valence-electron chi connectivity index (χ2n) is 7.52. The van der Waals surface area contributed by atoms with Crippen molar-refractivity contribution in [2.24, 2.45) is 5.92 Å². The van der Waals surface area contributed by atoms with E-state index < -0.39 is 0 Å². The Labute approximate surface area is 149 Å². The smallest absolute Gasteiger partial charge is 0.162 e. The van der Waals surface area contributed by atoms with Crippen molar-refractivity contribution in [3.63, 3.8) is 0 Å². The molecule has 0 saturated heterocycles. The molecule has 0 amide bonds. The van der Waals surface area contributed by atoms with E-state index in [1.54, 1.807) is 0 Å². The number of rotatable bonds is 6. The van der Waals surface area contributed by atoms with Crippen LogP contribution in [0.3, 0.4) is 0 Å². The summed E-state index contributed by atoms with van der Waals surface area (Å²) in [5.41, 5.74) is 3.43. The average molecular weight is 341 g/mol. The highest BCUT2D eigenvalue weighted by atomic mass is 16.6. The molecule has 0 radical (unpaired) electrons. The molecule has 25 heavy (non-hydrogen) atoms. The fourth-order valence-electron chi connectivity index (χ4n) is 3.47. The zero-order valence-corrected chi connectivity index (χ0v) is 15.3. The van der Waals surface area contributed by atoms with Crippen molar-refractivity contribution < 1.29 is 9.47 Å². The van der Waals surface area contributed by atoms with Crippen LogP contribution in [0.4, 0.5) is 0 Å². The summed E-state index contributed by atoms with van der Waals surface area (Å²) in [5, 5.41) is 7.51. The van der Waals surface area contributed by atoms with E-state index in [1.807, 2.05) is 12.3 Å². The van der Waals surface area contributed by atoms with Crippen LogP contribution in [0.2, 0.25) is 0 Å². The van der Waals surface area contributed by atoms with Crippen LogP contribution in [0, 0.1) is 5.92 Å². The summed E-state index contributed by atoms with van der Waals surface area (Å²) < 4.78 is 11.4. The Hall–Kier alpha value is -2.01. The van der Waals surface area contributed by atoms with Crippen molar-refractivity contribution >= 4 is 0 Å². The largest absolute Gasteiger partial charge is 0.486 e. The highest BCUT2D eigenvalue weighted by Gasteiger charge is 2.33. The zero-order chi connectivity index (χ0) is 17.4. The van der Waals surface area contributed by atoms with E-state index in [9.17, 15) is 0 Å². The first-order valence-corrected chi connectivity index (χ1v) is 9.31. The van der Waals surface area contributed by atoms with E-state index in [-0.39, 0.29) is 0 Å². The number of aromatic amines is 1. The molecule has 5 nitrogen and oxygen atoms in total. The van der Waals surface area contributed by atoms with Crippen molar-refractivity contribution in [3.8, 4) is 22.8 Å². The van der Waals surface area contributed by atoms with E-state index in [1.165, 1.54) is 18.4 Å². The summed E-state index contributed by atoms with van der Waals surface area (Å²) in [6.45, 7) is 9.10. The minimum Gasteiger partial charge on any atom is -0.486 e. The molecule has 2 aromatic rings. The lowest BCUT2D eigenvalue weighted by molar-refractivity contribution is 0.151. The molecule has 1 aromatic heterocycles. The van der Waals surface area contributed by atoms with Crippen LogP contribution in [0.15, 0.2) is 24.4 Å². The van der Waals surface area contributed by atoms with Gasteiger partial charge in [0, 0.05) is 29.8 Å². The van der Waals surface area contributed by atoms with Crippen LogP contribution < -0.4 is 9.47 Å². The van der Waals surface area contributed by atoms with E-state index in [0.717, 1.165) is 35.3 Å². The average Bonchev–Trinajstić information content (AvgIpc) is 3.36. The fourth-order valence-corrected chi connectivity index (χ4v) is 3.47. The van der Waals surface area contributed by atoms with Crippen molar-refractivity contribution in [1.82, 2.24) is 15.1 Å². The van der Waals surface area contributed by atoms with Crippen molar-refractivity contribution in [2.75, 3.05) is 13.2 Å². The molecule has 2 aliphatic rings. The summed E-state index contributed by atoms with van der Waals surface area (Å²) in [4.78, 5) is 2.64. The van der Waals surface area contributed by atoms with Crippen molar-refractivity contribution in [1.29, 1.82) is 0 Å². The third-order valence-corrected chi connectivity index (χ3v) is 5.41. The first-order chi connectivity index (χ1) is 12.1. The first-order valence-electron chi connectivity index (χ1n) is 9.31. The van der Waals surface area contributed by atoms with Gasteiger partial charge in [-0.25, -0.2) is 0 Å². The number of ether oxygens (including phenoxy) is 2. The van der Waals surface area contributed by atoms with Gasteiger partial charge in [-0.15, -0.1) is 0 Å². The molecule has 4 rings (SSSR count). The Bertz CT molecular complexity index is 736. The molecule has 1 aromatic carbocycles. The maximum Gasteiger partial charge on any atom is 0.162 e. The molecule has 0 spiro atoms. The Morgan fingerprint density at radius 3 is 2.64 bits per heavy atom. The van der Waals surface area contributed by atoms with Gasteiger partial charge in [-0.05, 0) is 43.9 Å². The highest BCUT2D eigenvalue weighted by Crippen LogP contribution is 2.37. The van der Waals surface area contributed by atoms with Crippen molar-refractivity contribution in [2.45, 2.75) is 52.2 Å². The lowest BCUT2D eigenvalue weighted by atomic mass is 10.0. The minimum absolute atomic E-state index is 0.565. The molecule has 1 aliphatic heterocycles. The summed E-state index contributed by atoms with van der Waals surface area (Å²) in [7, 11) is 0. The molecule has 1 aliphatic carbocycles. The molecule has 134 valence electrons. The molecule has 0 unspecified atom stereocenters. The number of aromatic nitrogens is 2. The third-order valence-electron chi connectivity index (χ3n) is 5.41. The lowest BCUT2D eigenvalue weighted by Crippen LogP contribution is -2.37. The second-order valence-corrected chi connectivity index (χ2v) is 7.52. The summed E-state index contributed by atoms with van der Waals surface area (Å²) >= 11 is 0. The standard InChI is InChI=1S/C20H27N3O2/c1-13(2)14(3)23(17-5-6-17)12-16-11-21-22-20(16)15-4-7-18-19(10-15)25-9-8-24-18/h4,7,10-11,13-14,17H,5-6,8-9,12H2,1-3H3,(H,21,22)/t14-/m1/s1. The maximum absolute atomic E-state index is 5.73. The predicted octanol–water partition coefficient (Wildman–Crippen LogP) is 3.86. The van der Waals surface area contributed by atoms with Crippen LogP contribution in [0.25, 0.3) is 11.3 Å². The van der Waals surface area contributed by atoms with Crippen LogP contribution >= 0.6 is 0 Å². The third kappa shape index (κ3) is 3.38. The van der Waals surface area contributed by atoms with Gasteiger partial charge in [0.25, 0.3) is 0 Å². The molecule has 1 fully saturated rings. The molecular formula is C20H27N3O2. The summed E-state index contributed by atoms with van der Waals surface area (Å²) in [5.74, 6) is 2.29. The number of hydrogen-bond donors (Lipinski definition) is 1. The molecule has 0 bridgehead atoms. The van der Waals surface area contributed by atoms with E-state index in [2.05, 4.69) is 48.0 Å². The lowest BCUT2D eigenvalue weighted by Gasteiger charge is -2.32. The zero-order valence-electron chi connectivity index (χ0n) is 15.3. The van der Waals surface area contributed by atoms with Gasteiger partial charge in [0.05, 0.1) is 11.9 Å². The number of fused-ring (bicyclic) bond motifs is 1. The monoisotopic (exact) mass is 341 g/mol. The van der Waals surface area contributed by atoms with Gasteiger partial charge >= 0.3 is 0 Å². The Balaban J connectivity index is 1.60. The number of nitrogens with one attached hydrogen (secondary N) is 1. The van der Waals surface area contributed by atoms with E-state index >= 15 is 0 Å². The van der Waals surface area contributed by atoms with Crippen LogP contribution in [-0.4, -0.2) is 40.4 Å². The normalized spacial score (nSPS) is 18.0. The highest BCUT2D eigenvalue weighted by molar-refractivity contribution is 5.66. The molecule has 1 saturated carbocycles. The molecular weight excluding hydrogens is 314 g/mol. The fraction of sp³-hybridized carbons (Fsp3) is 0.550. The Kier molecular flexibility index (Phi) is 4.42. The van der Waals surface area contributed by atoms with Gasteiger partial charge in [0.2, 0.25) is 0 Å². The Morgan fingerprint density at radius 1 is 1.16 bits per heavy atom. The minimum atomic E-state index is 0.565. The number of hydrogen-bond acceptors (Lipinski definition) is 4. The SMILES string of the molecule is CC(C)[C@@H](C)N(Cc1cn[nH]c1-c1ccc2c(c1)OCCO2)C1CC1. The van der Waals surface area contributed by atoms with E-state index in [0.29, 0.717) is 25.2 Å². The summed E-state index contributed by atoms with van der Waals surface area (Å²) in [6.07, 6.45) is 4.59. The van der Waals surface area contributed by atoms with Gasteiger partial charge in [0.15, 0.2) is 11.5 Å². The van der Waals surface area contributed by atoms with Crippen LogP contribution in [0.5, 0.6) is 11.5 Å². The second kappa shape index (κ2) is 6.71. The van der Waals surface area contributed by atoms with E-state index in [4.69, 9.17) is 9.47 Å². The maximum atomic E-state index is 5.73. The van der Waals surface area contributed by atoms with Gasteiger partial charge in [-0.2, -0.15) is 5.10 Å². The number of nitrogens with zero attached hydrogens (tertiary/aromatic N) is 2. The number of H-pyrrole nitrogens is 1. The molecule has 2 heterocycles. The summed E-state index contributed by atoms with van der Waals surface area (Å²) in [6, 6.07) is 7.41. The topological polar surface area (TPSA) is 50.4 Å². The Morgan fingerprint density at radius 2 is 1.92 bits per heavy atom. The van der Waals surface area contributed by atoms with Crippen molar-refractivity contribution in [3.05, 3.63) is 30.0 Å². The van der Waals surface area contributed by atoms with Gasteiger partial charge in [-0.1, -0.05) is 13.8 Å². The van der Waals surface area contributed by atoms with Crippen LogP contribution in [-0.2, 0) is 6.54 Å². The quantitative estimate of drug-likeness (QED) is 0.867.